The number of thiocarbonyl (C=S) groups is 1. The van der Waals surface area contributed by atoms with Gasteiger partial charge in [-0.1, -0.05) is 46.6 Å². The maximum absolute atomic E-state index is 5.85. The van der Waals surface area contributed by atoms with Crippen molar-refractivity contribution in [1.29, 1.82) is 0 Å². The molecule has 0 saturated carbocycles. The van der Waals surface area contributed by atoms with E-state index in [1.165, 1.54) is 5.56 Å². The fraction of sp³-hybridized carbons (Fsp3) is 0.118. The number of benzene rings is 2. The number of nitrogens with one attached hydrogen (secondary N) is 2. The second-order valence-corrected chi connectivity index (χ2v) is 6.04. The minimum absolute atomic E-state index is 0.346. The third-order valence-electron chi connectivity index (χ3n) is 3.28. The largest absolute Gasteiger partial charge is 0.353 e. The highest BCUT2D eigenvalue weighted by Gasteiger charge is 2.08. The lowest BCUT2D eigenvalue weighted by atomic mass is 10.1. The van der Waals surface area contributed by atoms with Gasteiger partial charge in [0.15, 0.2) is 5.11 Å². The van der Waals surface area contributed by atoms with Crippen LogP contribution in [0.3, 0.4) is 0 Å². The normalized spacial score (nSPS) is 10.4. The number of rotatable bonds is 4. The van der Waals surface area contributed by atoms with E-state index in [1.54, 1.807) is 12.1 Å². The molecule has 122 valence electrons. The molecular weight excluding hydrogens is 344 g/mol. The molecule has 0 unspecified atom stereocenters. The van der Waals surface area contributed by atoms with Crippen molar-refractivity contribution in [2.45, 2.75) is 13.5 Å². The SMILES string of the molecule is Cc1ccc(-c2noc(CNC(=S)Nc3ccc(Cl)cc3)n2)cc1. The second kappa shape index (κ2) is 7.42. The van der Waals surface area contributed by atoms with Gasteiger partial charge in [0, 0.05) is 16.3 Å². The van der Waals surface area contributed by atoms with Crippen molar-refractivity contribution in [3.8, 4) is 11.4 Å². The first kappa shape index (κ1) is 16.4. The zero-order valence-corrected chi connectivity index (χ0v) is 14.5. The van der Waals surface area contributed by atoms with Gasteiger partial charge in [0.1, 0.15) is 0 Å². The molecule has 3 aromatic rings. The summed E-state index contributed by atoms with van der Waals surface area (Å²) in [4.78, 5) is 4.36. The zero-order chi connectivity index (χ0) is 16.9. The molecule has 0 atom stereocenters. The molecule has 1 aromatic heterocycles. The Balaban J connectivity index is 1.56. The number of hydrogen-bond acceptors (Lipinski definition) is 4. The summed E-state index contributed by atoms with van der Waals surface area (Å²) in [6, 6.07) is 15.2. The van der Waals surface area contributed by atoms with Crippen LogP contribution in [-0.4, -0.2) is 15.3 Å². The molecule has 0 aliphatic carbocycles. The molecule has 0 fully saturated rings. The molecule has 24 heavy (non-hydrogen) atoms. The van der Waals surface area contributed by atoms with E-state index in [0.29, 0.717) is 28.4 Å². The summed E-state index contributed by atoms with van der Waals surface area (Å²) in [6.07, 6.45) is 0. The van der Waals surface area contributed by atoms with E-state index in [4.69, 9.17) is 28.3 Å². The first-order valence-corrected chi connectivity index (χ1v) is 8.09. The second-order valence-electron chi connectivity index (χ2n) is 5.19. The van der Waals surface area contributed by atoms with Crippen LogP contribution < -0.4 is 10.6 Å². The predicted molar refractivity (Wildman–Crippen MR) is 99.0 cm³/mol. The van der Waals surface area contributed by atoms with Crippen molar-refractivity contribution in [2.24, 2.45) is 0 Å². The molecule has 0 radical (unpaired) electrons. The quantitative estimate of drug-likeness (QED) is 0.682. The van der Waals surface area contributed by atoms with Crippen LogP contribution in [-0.2, 0) is 6.54 Å². The Bertz CT molecular complexity index is 831. The maximum atomic E-state index is 5.85. The minimum atomic E-state index is 0.346. The molecule has 0 aliphatic heterocycles. The van der Waals surface area contributed by atoms with Crippen LogP contribution in [0.5, 0.6) is 0 Å². The van der Waals surface area contributed by atoms with Gasteiger partial charge in [-0.2, -0.15) is 4.98 Å². The number of nitrogens with zero attached hydrogens (tertiary/aromatic N) is 2. The Hall–Kier alpha value is -2.44. The average molecular weight is 359 g/mol. The molecule has 0 bridgehead atoms. The van der Waals surface area contributed by atoms with Crippen LogP contribution in [0, 0.1) is 6.92 Å². The maximum Gasteiger partial charge on any atom is 0.246 e. The lowest BCUT2D eigenvalue weighted by molar-refractivity contribution is 0.376. The molecule has 0 amide bonds. The predicted octanol–water partition coefficient (Wildman–Crippen LogP) is 4.19. The third kappa shape index (κ3) is 4.31. The van der Waals surface area contributed by atoms with E-state index in [9.17, 15) is 0 Å². The molecular formula is C17H15ClN4OS. The molecule has 2 N–H and O–H groups in total. The first-order valence-electron chi connectivity index (χ1n) is 7.30. The number of halogens is 1. The van der Waals surface area contributed by atoms with E-state index in [1.807, 2.05) is 43.3 Å². The summed E-state index contributed by atoms with van der Waals surface area (Å²) >= 11 is 11.1. The van der Waals surface area contributed by atoms with Crippen LogP contribution in [0.2, 0.25) is 5.02 Å². The van der Waals surface area contributed by atoms with Gasteiger partial charge in [-0.25, -0.2) is 0 Å². The van der Waals surface area contributed by atoms with Gasteiger partial charge in [0.05, 0.1) is 6.54 Å². The van der Waals surface area contributed by atoms with Crippen molar-refractivity contribution in [3.63, 3.8) is 0 Å². The van der Waals surface area contributed by atoms with Crippen molar-refractivity contribution < 1.29 is 4.52 Å². The topological polar surface area (TPSA) is 63.0 Å². The van der Waals surface area contributed by atoms with E-state index < -0.39 is 0 Å². The Morgan fingerprint density at radius 1 is 1.12 bits per heavy atom. The highest BCUT2D eigenvalue weighted by molar-refractivity contribution is 7.80. The highest BCUT2D eigenvalue weighted by atomic mass is 35.5. The summed E-state index contributed by atoms with van der Waals surface area (Å²) in [7, 11) is 0. The van der Waals surface area contributed by atoms with Gasteiger partial charge < -0.3 is 15.2 Å². The lowest BCUT2D eigenvalue weighted by Crippen LogP contribution is -2.27. The number of hydrogen-bond donors (Lipinski definition) is 2. The van der Waals surface area contributed by atoms with Gasteiger partial charge in [-0.15, -0.1) is 0 Å². The van der Waals surface area contributed by atoms with Crippen LogP contribution in [0.25, 0.3) is 11.4 Å². The van der Waals surface area contributed by atoms with Gasteiger partial charge in [0.2, 0.25) is 11.7 Å². The van der Waals surface area contributed by atoms with E-state index in [2.05, 4.69) is 20.8 Å². The van der Waals surface area contributed by atoms with Gasteiger partial charge in [0.25, 0.3) is 0 Å². The number of aryl methyl sites for hydroxylation is 1. The standard InChI is InChI=1S/C17H15ClN4OS/c1-11-2-4-12(5-3-11)16-21-15(23-22-16)10-19-17(24)20-14-8-6-13(18)7-9-14/h2-9H,10H2,1H3,(H2,19,20,24). The van der Waals surface area contributed by atoms with Crippen molar-refractivity contribution >= 4 is 34.6 Å². The van der Waals surface area contributed by atoms with Gasteiger partial charge in [-0.3, -0.25) is 0 Å². The highest BCUT2D eigenvalue weighted by Crippen LogP contribution is 2.16. The van der Waals surface area contributed by atoms with Crippen LogP contribution in [0.15, 0.2) is 53.1 Å². The fourth-order valence-electron chi connectivity index (χ4n) is 2.01. The molecule has 5 nitrogen and oxygen atoms in total. The zero-order valence-electron chi connectivity index (χ0n) is 12.9. The van der Waals surface area contributed by atoms with Crippen LogP contribution in [0.4, 0.5) is 5.69 Å². The number of aromatic nitrogens is 2. The van der Waals surface area contributed by atoms with E-state index in [0.717, 1.165) is 11.3 Å². The van der Waals surface area contributed by atoms with Gasteiger partial charge >= 0.3 is 0 Å². The summed E-state index contributed by atoms with van der Waals surface area (Å²) in [5.41, 5.74) is 2.95. The molecule has 0 spiro atoms. The smallest absolute Gasteiger partial charge is 0.246 e. The van der Waals surface area contributed by atoms with E-state index >= 15 is 0 Å². The molecule has 1 heterocycles. The Labute approximate surface area is 150 Å². The molecule has 7 heteroatoms. The Morgan fingerprint density at radius 3 is 2.54 bits per heavy atom. The lowest BCUT2D eigenvalue weighted by Gasteiger charge is -2.08. The summed E-state index contributed by atoms with van der Waals surface area (Å²) < 4.78 is 5.24. The van der Waals surface area contributed by atoms with Crippen molar-refractivity contribution in [3.05, 3.63) is 65.0 Å². The minimum Gasteiger partial charge on any atom is -0.353 e. The third-order valence-corrected chi connectivity index (χ3v) is 3.78. The first-order chi connectivity index (χ1) is 11.6. The summed E-state index contributed by atoms with van der Waals surface area (Å²) in [5.74, 6) is 1.02. The van der Waals surface area contributed by atoms with Crippen LogP contribution in [0.1, 0.15) is 11.5 Å². The summed E-state index contributed by atoms with van der Waals surface area (Å²) in [6.45, 7) is 2.38. The summed E-state index contributed by atoms with van der Waals surface area (Å²) in [5, 5.41) is 11.2. The Morgan fingerprint density at radius 2 is 1.83 bits per heavy atom. The monoisotopic (exact) mass is 358 g/mol. The average Bonchev–Trinajstić information content (AvgIpc) is 3.05. The fourth-order valence-corrected chi connectivity index (χ4v) is 2.33. The van der Waals surface area contributed by atoms with Crippen LogP contribution >= 0.6 is 23.8 Å². The van der Waals surface area contributed by atoms with E-state index in [-0.39, 0.29) is 0 Å². The van der Waals surface area contributed by atoms with Crippen molar-refractivity contribution in [2.75, 3.05) is 5.32 Å². The molecule has 0 aliphatic rings. The number of anilines is 1. The Kier molecular flexibility index (Phi) is 5.08. The molecule has 0 saturated heterocycles. The molecule has 2 aromatic carbocycles. The van der Waals surface area contributed by atoms with Crippen molar-refractivity contribution in [1.82, 2.24) is 15.5 Å². The molecule has 3 rings (SSSR count). The van der Waals surface area contributed by atoms with Gasteiger partial charge in [-0.05, 0) is 43.4 Å².